The molecule has 0 saturated heterocycles. The van der Waals surface area contributed by atoms with Gasteiger partial charge in [-0.25, -0.2) is 4.79 Å². The van der Waals surface area contributed by atoms with Crippen molar-refractivity contribution in [3.05, 3.63) is 32.9 Å². The Morgan fingerprint density at radius 1 is 1.46 bits per heavy atom. The number of carboxylic acid groups (broad SMARTS) is 1. The summed E-state index contributed by atoms with van der Waals surface area (Å²) in [6.07, 6.45) is 2.28. The van der Waals surface area contributed by atoms with Crippen molar-refractivity contribution >= 4 is 28.6 Å². The van der Waals surface area contributed by atoms with Crippen LogP contribution in [0.2, 0.25) is 0 Å². The summed E-state index contributed by atoms with van der Waals surface area (Å²) < 4.78 is 0.986. The summed E-state index contributed by atoms with van der Waals surface area (Å²) in [5.41, 5.74) is 1.49. The summed E-state index contributed by atoms with van der Waals surface area (Å²) in [5.74, 6) is -0.302. The third-order valence-electron chi connectivity index (χ3n) is 2.26. The number of carbonyl (C=O) groups is 1. The molecule has 2 nitrogen and oxygen atoms in total. The summed E-state index contributed by atoms with van der Waals surface area (Å²) in [6, 6.07) is 5.67. The van der Waals surface area contributed by atoms with Crippen LogP contribution in [0.4, 0.5) is 0 Å². The van der Waals surface area contributed by atoms with Crippen LogP contribution < -0.4 is 0 Å². The average Bonchev–Trinajstić information content (AvgIpc) is 2.87. The number of rotatable bonds is 2. The van der Waals surface area contributed by atoms with E-state index in [-0.39, 0.29) is 0 Å². The Balaban J connectivity index is 2.47. The Bertz CT molecular complexity index is 356. The fraction of sp³-hybridized carbons (Fsp3) is 0.300. The van der Waals surface area contributed by atoms with E-state index in [4.69, 9.17) is 5.11 Å². The minimum atomic E-state index is -0.805. The number of hydrogen-bond acceptors (Lipinski definition) is 1. The van der Waals surface area contributed by atoms with Gasteiger partial charge in [-0.3, -0.25) is 0 Å². The number of hydrogen-bond donors (Lipinski definition) is 1. The van der Waals surface area contributed by atoms with Crippen molar-refractivity contribution in [1.82, 2.24) is 0 Å². The van der Waals surface area contributed by atoms with Crippen molar-refractivity contribution in [2.24, 2.45) is 0 Å². The Kier molecular flexibility index (Phi) is 2.27. The summed E-state index contributed by atoms with van der Waals surface area (Å²) >= 11 is 2.14. The van der Waals surface area contributed by atoms with Gasteiger partial charge < -0.3 is 5.11 Å². The van der Waals surface area contributed by atoms with E-state index >= 15 is 0 Å². The van der Waals surface area contributed by atoms with Gasteiger partial charge in [0.2, 0.25) is 0 Å². The molecule has 1 aliphatic rings. The first-order valence-corrected chi connectivity index (χ1v) is 5.29. The molecular formula is C10H9IO2. The molecule has 3 heteroatoms. The van der Waals surface area contributed by atoms with Gasteiger partial charge >= 0.3 is 5.97 Å². The van der Waals surface area contributed by atoms with Gasteiger partial charge in [-0.1, -0.05) is 6.07 Å². The number of carboxylic acids is 1. The second-order valence-corrected chi connectivity index (χ2v) is 4.56. The minimum absolute atomic E-state index is 0.481. The van der Waals surface area contributed by atoms with Crippen molar-refractivity contribution < 1.29 is 9.90 Å². The zero-order valence-electron chi connectivity index (χ0n) is 6.96. The molecule has 0 spiro atoms. The van der Waals surface area contributed by atoms with Crippen LogP contribution in [0.5, 0.6) is 0 Å². The lowest BCUT2D eigenvalue weighted by atomic mass is 10.0. The lowest BCUT2D eigenvalue weighted by Gasteiger charge is -2.04. The highest BCUT2D eigenvalue weighted by Crippen LogP contribution is 2.41. The highest BCUT2D eigenvalue weighted by Gasteiger charge is 2.27. The van der Waals surface area contributed by atoms with Crippen LogP contribution >= 0.6 is 22.6 Å². The second kappa shape index (κ2) is 3.29. The molecule has 0 radical (unpaired) electrons. The smallest absolute Gasteiger partial charge is 0.336 e. The number of aromatic carboxylic acids is 1. The number of halogens is 1. The molecule has 2 rings (SSSR count). The molecule has 1 aromatic rings. The highest BCUT2D eigenvalue weighted by atomic mass is 127. The average molecular weight is 288 g/mol. The van der Waals surface area contributed by atoms with Crippen molar-refractivity contribution in [1.29, 1.82) is 0 Å². The third kappa shape index (κ3) is 1.85. The van der Waals surface area contributed by atoms with Crippen molar-refractivity contribution in [3.63, 3.8) is 0 Å². The van der Waals surface area contributed by atoms with Gasteiger partial charge in [-0.2, -0.15) is 0 Å². The van der Waals surface area contributed by atoms with E-state index in [9.17, 15) is 4.79 Å². The van der Waals surface area contributed by atoms with Crippen molar-refractivity contribution in [3.8, 4) is 0 Å². The molecule has 1 fully saturated rings. The fourth-order valence-electron chi connectivity index (χ4n) is 1.46. The zero-order chi connectivity index (χ0) is 9.42. The van der Waals surface area contributed by atoms with E-state index in [2.05, 4.69) is 22.6 Å². The van der Waals surface area contributed by atoms with E-state index in [1.165, 1.54) is 0 Å². The molecule has 13 heavy (non-hydrogen) atoms. The largest absolute Gasteiger partial charge is 0.478 e. The maximum Gasteiger partial charge on any atom is 0.336 e. The zero-order valence-corrected chi connectivity index (χ0v) is 9.11. The molecule has 1 saturated carbocycles. The van der Waals surface area contributed by atoms with Gasteiger partial charge in [0.1, 0.15) is 0 Å². The quantitative estimate of drug-likeness (QED) is 0.850. The normalized spacial score (nSPS) is 15.8. The van der Waals surface area contributed by atoms with Gasteiger partial charge in [-0.05, 0) is 59.0 Å². The first kappa shape index (κ1) is 8.99. The molecule has 0 unspecified atom stereocenters. The standard InChI is InChI=1S/C10H9IO2/c11-7-3-4-8(6-1-2-6)9(5-7)10(12)13/h3-6H,1-2H2,(H,12,13). The fourth-order valence-corrected chi connectivity index (χ4v) is 1.96. The maximum absolute atomic E-state index is 10.9. The lowest BCUT2D eigenvalue weighted by molar-refractivity contribution is 0.0695. The molecule has 1 aliphatic carbocycles. The Morgan fingerprint density at radius 2 is 2.15 bits per heavy atom. The Hall–Kier alpha value is -0.580. The monoisotopic (exact) mass is 288 g/mol. The molecular weight excluding hydrogens is 279 g/mol. The van der Waals surface area contributed by atoms with Crippen molar-refractivity contribution in [2.45, 2.75) is 18.8 Å². The van der Waals surface area contributed by atoms with Gasteiger partial charge in [0.05, 0.1) is 5.56 Å². The van der Waals surface area contributed by atoms with Crippen molar-refractivity contribution in [2.75, 3.05) is 0 Å². The van der Waals surface area contributed by atoms with E-state index in [0.717, 1.165) is 22.0 Å². The minimum Gasteiger partial charge on any atom is -0.478 e. The topological polar surface area (TPSA) is 37.3 Å². The first-order valence-electron chi connectivity index (χ1n) is 4.21. The Morgan fingerprint density at radius 3 is 2.69 bits per heavy atom. The number of benzene rings is 1. The molecule has 0 heterocycles. The van der Waals surface area contributed by atoms with Crippen LogP contribution in [0.3, 0.4) is 0 Å². The van der Waals surface area contributed by atoms with E-state index in [0.29, 0.717) is 11.5 Å². The molecule has 68 valence electrons. The van der Waals surface area contributed by atoms with Gasteiger partial charge in [0.25, 0.3) is 0 Å². The highest BCUT2D eigenvalue weighted by molar-refractivity contribution is 14.1. The van der Waals surface area contributed by atoms with Crippen LogP contribution in [0.15, 0.2) is 18.2 Å². The van der Waals surface area contributed by atoms with Gasteiger partial charge in [0, 0.05) is 3.57 Å². The maximum atomic E-state index is 10.9. The van der Waals surface area contributed by atoms with Crippen LogP contribution in [-0.4, -0.2) is 11.1 Å². The lowest BCUT2D eigenvalue weighted by Crippen LogP contribution is -2.01. The Labute approximate surface area is 90.1 Å². The molecule has 1 aromatic carbocycles. The van der Waals surface area contributed by atoms with Gasteiger partial charge in [-0.15, -0.1) is 0 Å². The second-order valence-electron chi connectivity index (χ2n) is 3.31. The molecule has 0 bridgehead atoms. The van der Waals surface area contributed by atoms with Gasteiger partial charge in [0.15, 0.2) is 0 Å². The summed E-state index contributed by atoms with van der Waals surface area (Å²) in [6.45, 7) is 0. The summed E-state index contributed by atoms with van der Waals surface area (Å²) in [4.78, 5) is 10.9. The predicted molar refractivity (Wildman–Crippen MR) is 58.1 cm³/mol. The molecule has 0 atom stereocenters. The SMILES string of the molecule is O=C(O)c1cc(I)ccc1C1CC1. The molecule has 1 N–H and O–H groups in total. The molecule has 0 aliphatic heterocycles. The first-order chi connectivity index (χ1) is 6.18. The molecule has 0 aromatic heterocycles. The van der Waals surface area contributed by atoms with Crippen LogP contribution in [0.1, 0.15) is 34.7 Å². The van der Waals surface area contributed by atoms with Crippen LogP contribution in [-0.2, 0) is 0 Å². The molecule has 0 amide bonds. The van der Waals surface area contributed by atoms with E-state index in [1.54, 1.807) is 6.07 Å². The predicted octanol–water partition coefficient (Wildman–Crippen LogP) is 2.87. The summed E-state index contributed by atoms with van der Waals surface area (Å²) in [7, 11) is 0. The van der Waals surface area contributed by atoms with Crippen LogP contribution in [0, 0.1) is 3.57 Å². The van der Waals surface area contributed by atoms with Crippen LogP contribution in [0.25, 0.3) is 0 Å². The third-order valence-corrected chi connectivity index (χ3v) is 2.93. The van der Waals surface area contributed by atoms with E-state index < -0.39 is 5.97 Å². The summed E-state index contributed by atoms with van der Waals surface area (Å²) in [5, 5.41) is 8.96. The van der Waals surface area contributed by atoms with E-state index in [1.807, 2.05) is 12.1 Å².